The fourth-order valence-electron chi connectivity index (χ4n) is 1.75. The highest BCUT2D eigenvalue weighted by molar-refractivity contribution is 5.68. The Bertz CT molecular complexity index is 441. The summed E-state index contributed by atoms with van der Waals surface area (Å²) in [5.41, 5.74) is 8.47. The highest BCUT2D eigenvalue weighted by Crippen LogP contribution is 2.21. The summed E-state index contributed by atoms with van der Waals surface area (Å²) in [6, 6.07) is 6.60. The van der Waals surface area contributed by atoms with Crippen LogP contribution in [0.15, 0.2) is 36.1 Å². The second-order valence-corrected chi connectivity index (χ2v) is 3.84. The maximum Gasteiger partial charge on any atom is 0.000604 e. The number of hydrogen-bond donors (Lipinski definition) is 0. The van der Waals surface area contributed by atoms with Gasteiger partial charge >= 0.3 is 0 Å². The second kappa shape index (κ2) is 9.50. The molecular weight excluding hydrogens is 216 g/mol. The summed E-state index contributed by atoms with van der Waals surface area (Å²) < 4.78 is 0. The lowest BCUT2D eigenvalue weighted by atomic mass is 9.98. The van der Waals surface area contributed by atoms with Crippen molar-refractivity contribution in [3.05, 3.63) is 52.8 Å². The van der Waals surface area contributed by atoms with E-state index in [1.165, 1.54) is 22.3 Å². The van der Waals surface area contributed by atoms with Crippen molar-refractivity contribution in [1.82, 2.24) is 0 Å². The fraction of sp³-hybridized carbons (Fsp3) is 0.389. The van der Waals surface area contributed by atoms with Gasteiger partial charge in [0.1, 0.15) is 0 Å². The zero-order valence-corrected chi connectivity index (χ0v) is 12.7. The Balaban J connectivity index is 0.00000137. The van der Waals surface area contributed by atoms with E-state index < -0.39 is 0 Å². The molecule has 0 atom stereocenters. The van der Waals surface area contributed by atoms with E-state index in [0.29, 0.717) is 0 Å². The molecule has 0 nitrogen and oxygen atoms in total. The van der Waals surface area contributed by atoms with Crippen LogP contribution in [-0.2, 0) is 0 Å². The summed E-state index contributed by atoms with van der Waals surface area (Å²) in [5, 5.41) is 0. The lowest BCUT2D eigenvalue weighted by molar-refractivity contribution is 1.24. The fourth-order valence-corrected chi connectivity index (χ4v) is 1.75. The lowest BCUT2D eigenvalue weighted by Gasteiger charge is -2.06. The molecule has 0 saturated heterocycles. The Morgan fingerprint density at radius 1 is 1.22 bits per heavy atom. The van der Waals surface area contributed by atoms with Crippen LogP contribution in [0, 0.1) is 6.92 Å². The molecular formula is C18H26. The van der Waals surface area contributed by atoms with Crippen LogP contribution < -0.4 is 0 Å². The van der Waals surface area contributed by atoms with E-state index in [-0.39, 0.29) is 0 Å². The van der Waals surface area contributed by atoms with Crippen molar-refractivity contribution in [1.29, 1.82) is 0 Å². The quantitative estimate of drug-likeness (QED) is 0.568. The SMILES string of the molecule is CC.CC=C=C(CC)c1ccc(C)c(/C=C\C)c1. The van der Waals surface area contributed by atoms with E-state index >= 15 is 0 Å². The Labute approximate surface area is 113 Å². The Morgan fingerprint density at radius 2 is 1.89 bits per heavy atom. The van der Waals surface area contributed by atoms with Crippen molar-refractivity contribution in [3.63, 3.8) is 0 Å². The summed E-state index contributed by atoms with van der Waals surface area (Å²) in [6.45, 7) is 12.4. The standard InChI is InChI=1S/C16H20.C2H6/c1-5-8-14(7-3)16-11-10-13(4)15(12-16)9-6-2;1-2/h5-6,9-12H,7H2,1-4H3;1-2H3/b9-6-;. The summed E-state index contributed by atoms with van der Waals surface area (Å²) in [6.07, 6.45) is 7.23. The second-order valence-electron chi connectivity index (χ2n) is 3.84. The van der Waals surface area contributed by atoms with E-state index in [2.05, 4.69) is 56.9 Å². The number of hydrogen-bond acceptors (Lipinski definition) is 0. The molecule has 0 heteroatoms. The monoisotopic (exact) mass is 242 g/mol. The molecule has 1 aromatic rings. The van der Waals surface area contributed by atoms with Crippen LogP contribution in [0.4, 0.5) is 0 Å². The molecule has 1 rings (SSSR count). The largest absolute Gasteiger partial charge is 0.121 e. The molecule has 0 aliphatic carbocycles. The molecule has 0 aliphatic rings. The van der Waals surface area contributed by atoms with E-state index in [1.807, 2.05) is 26.8 Å². The molecule has 98 valence electrons. The van der Waals surface area contributed by atoms with Crippen molar-refractivity contribution in [2.45, 2.75) is 48.0 Å². The van der Waals surface area contributed by atoms with Crippen LogP contribution in [0.2, 0.25) is 0 Å². The first-order valence-corrected chi connectivity index (χ1v) is 6.86. The molecule has 18 heavy (non-hydrogen) atoms. The average molecular weight is 242 g/mol. The molecule has 0 spiro atoms. The minimum atomic E-state index is 1.02. The van der Waals surface area contributed by atoms with Crippen LogP contribution in [0.1, 0.15) is 57.7 Å². The summed E-state index contributed by atoms with van der Waals surface area (Å²) in [4.78, 5) is 0. The van der Waals surface area contributed by atoms with Gasteiger partial charge in [-0.25, -0.2) is 0 Å². The highest BCUT2D eigenvalue weighted by Gasteiger charge is 2.01. The third-order valence-electron chi connectivity index (χ3n) is 2.65. The molecule has 0 amide bonds. The normalized spacial score (nSPS) is 9.44. The molecule has 0 bridgehead atoms. The van der Waals surface area contributed by atoms with Gasteiger partial charge in [-0.15, -0.1) is 5.73 Å². The molecule has 0 radical (unpaired) electrons. The van der Waals surface area contributed by atoms with Gasteiger partial charge < -0.3 is 0 Å². The van der Waals surface area contributed by atoms with Crippen molar-refractivity contribution >= 4 is 11.6 Å². The number of aryl methyl sites for hydroxylation is 1. The van der Waals surface area contributed by atoms with Gasteiger partial charge in [0.2, 0.25) is 0 Å². The van der Waals surface area contributed by atoms with Crippen molar-refractivity contribution in [2.24, 2.45) is 0 Å². The molecule has 0 aromatic heterocycles. The minimum Gasteiger partial charge on any atom is -0.121 e. The Kier molecular flexibility index (Phi) is 8.70. The molecule has 0 heterocycles. The zero-order chi connectivity index (χ0) is 14.0. The van der Waals surface area contributed by atoms with Gasteiger partial charge in [-0.2, -0.15) is 0 Å². The zero-order valence-electron chi connectivity index (χ0n) is 12.7. The Morgan fingerprint density at radius 3 is 2.39 bits per heavy atom. The van der Waals surface area contributed by atoms with Crippen molar-refractivity contribution in [2.75, 3.05) is 0 Å². The van der Waals surface area contributed by atoms with Crippen molar-refractivity contribution in [3.8, 4) is 0 Å². The maximum absolute atomic E-state index is 3.30. The summed E-state index contributed by atoms with van der Waals surface area (Å²) >= 11 is 0. The molecule has 0 fully saturated rings. The Hall–Kier alpha value is -1.52. The van der Waals surface area contributed by atoms with Crippen LogP contribution in [-0.4, -0.2) is 0 Å². The molecule has 0 unspecified atom stereocenters. The number of rotatable bonds is 3. The van der Waals surface area contributed by atoms with E-state index in [0.717, 1.165) is 6.42 Å². The third kappa shape index (κ3) is 4.77. The van der Waals surface area contributed by atoms with E-state index in [1.54, 1.807) is 0 Å². The first-order chi connectivity index (χ1) is 8.72. The van der Waals surface area contributed by atoms with E-state index in [9.17, 15) is 0 Å². The smallest absolute Gasteiger partial charge is 0.000604 e. The summed E-state index contributed by atoms with van der Waals surface area (Å²) in [5.74, 6) is 0. The van der Waals surface area contributed by atoms with Crippen molar-refractivity contribution < 1.29 is 0 Å². The van der Waals surface area contributed by atoms with Gasteiger partial charge in [0.15, 0.2) is 0 Å². The summed E-state index contributed by atoms with van der Waals surface area (Å²) in [7, 11) is 0. The first kappa shape index (κ1) is 16.5. The van der Waals surface area contributed by atoms with Gasteiger partial charge in [-0.3, -0.25) is 0 Å². The van der Waals surface area contributed by atoms with Crippen LogP contribution in [0.25, 0.3) is 11.6 Å². The first-order valence-electron chi connectivity index (χ1n) is 6.86. The van der Waals surface area contributed by atoms with Gasteiger partial charge in [0, 0.05) is 5.57 Å². The topological polar surface area (TPSA) is 0 Å². The number of benzene rings is 1. The lowest BCUT2D eigenvalue weighted by Crippen LogP contribution is -1.86. The van der Waals surface area contributed by atoms with Crippen LogP contribution >= 0.6 is 0 Å². The van der Waals surface area contributed by atoms with Gasteiger partial charge in [0.25, 0.3) is 0 Å². The van der Waals surface area contributed by atoms with Crippen LogP contribution in [0.3, 0.4) is 0 Å². The average Bonchev–Trinajstić information content (AvgIpc) is 2.41. The molecule has 0 aliphatic heterocycles. The molecule has 1 aromatic carbocycles. The highest BCUT2D eigenvalue weighted by atomic mass is 14.0. The van der Waals surface area contributed by atoms with Gasteiger partial charge in [0.05, 0.1) is 0 Å². The van der Waals surface area contributed by atoms with Gasteiger partial charge in [-0.1, -0.05) is 45.1 Å². The predicted octanol–water partition coefficient (Wildman–Crippen LogP) is 6.02. The maximum atomic E-state index is 3.30. The third-order valence-corrected chi connectivity index (χ3v) is 2.65. The number of allylic oxidation sites excluding steroid dienone is 2. The molecule has 0 N–H and O–H groups in total. The molecule has 0 saturated carbocycles. The minimum absolute atomic E-state index is 1.02. The van der Waals surface area contributed by atoms with Crippen LogP contribution in [0.5, 0.6) is 0 Å². The van der Waals surface area contributed by atoms with E-state index in [4.69, 9.17) is 0 Å². The van der Waals surface area contributed by atoms with Gasteiger partial charge in [-0.05, 0) is 56.0 Å². The predicted molar refractivity (Wildman–Crippen MR) is 84.7 cm³/mol.